The maximum absolute atomic E-state index is 12.1. The molecule has 0 aliphatic heterocycles. The molecule has 5 nitrogen and oxygen atoms in total. The van der Waals surface area contributed by atoms with Crippen LogP contribution in [0.15, 0.2) is 5.38 Å². The summed E-state index contributed by atoms with van der Waals surface area (Å²) in [5.74, 6) is -0.280. The molecule has 1 aliphatic rings. The van der Waals surface area contributed by atoms with Gasteiger partial charge in [0, 0.05) is 16.8 Å². The summed E-state index contributed by atoms with van der Waals surface area (Å²) < 4.78 is 0. The van der Waals surface area contributed by atoms with E-state index in [4.69, 9.17) is 5.73 Å². The number of aryl methyl sites for hydroxylation is 1. The van der Waals surface area contributed by atoms with E-state index in [1.807, 2.05) is 0 Å². The third-order valence-electron chi connectivity index (χ3n) is 3.22. The van der Waals surface area contributed by atoms with Gasteiger partial charge in [0.25, 0.3) is 5.91 Å². The molecule has 0 saturated carbocycles. The van der Waals surface area contributed by atoms with E-state index in [-0.39, 0.29) is 5.91 Å². The van der Waals surface area contributed by atoms with Gasteiger partial charge in [0.15, 0.2) is 0 Å². The number of anilines is 1. The van der Waals surface area contributed by atoms with E-state index in [0.29, 0.717) is 22.8 Å². The molecule has 3 N–H and O–H groups in total. The van der Waals surface area contributed by atoms with E-state index in [2.05, 4.69) is 16.4 Å². The lowest BCUT2D eigenvalue weighted by molar-refractivity contribution is 0.102. The van der Waals surface area contributed by atoms with E-state index in [9.17, 15) is 10.1 Å². The predicted octanol–water partition coefficient (Wildman–Crippen LogP) is 2.28. The number of amides is 1. The highest BCUT2D eigenvalue weighted by Gasteiger charge is 2.23. The molecular weight excluding hydrogens is 292 g/mol. The minimum atomic E-state index is -0.280. The number of hydrogen-bond acceptors (Lipinski definition) is 6. The van der Waals surface area contributed by atoms with Crippen LogP contribution in [0.1, 0.15) is 37.9 Å². The highest BCUT2D eigenvalue weighted by molar-refractivity contribution is 7.16. The van der Waals surface area contributed by atoms with Crippen LogP contribution in [0.5, 0.6) is 0 Å². The van der Waals surface area contributed by atoms with Crippen molar-refractivity contribution in [3.63, 3.8) is 0 Å². The van der Waals surface area contributed by atoms with Crippen LogP contribution in [0, 0.1) is 11.3 Å². The van der Waals surface area contributed by atoms with Crippen molar-refractivity contribution in [2.45, 2.75) is 25.8 Å². The van der Waals surface area contributed by atoms with Gasteiger partial charge in [0.05, 0.1) is 5.56 Å². The van der Waals surface area contributed by atoms with Crippen LogP contribution in [0.2, 0.25) is 0 Å². The van der Waals surface area contributed by atoms with Crippen molar-refractivity contribution in [3.8, 4) is 6.07 Å². The average molecular weight is 304 g/mol. The number of rotatable bonds is 3. The fourth-order valence-electron chi connectivity index (χ4n) is 2.29. The molecule has 0 atom stereocenters. The van der Waals surface area contributed by atoms with Gasteiger partial charge < -0.3 is 11.1 Å². The van der Waals surface area contributed by atoms with Gasteiger partial charge >= 0.3 is 0 Å². The molecule has 0 fully saturated rings. The van der Waals surface area contributed by atoms with E-state index >= 15 is 0 Å². The van der Waals surface area contributed by atoms with E-state index in [0.717, 1.165) is 29.8 Å². The SMILES string of the molecule is N#Cc1c(NC(=O)c2csc(CN)n2)sc2c1CCC2. The van der Waals surface area contributed by atoms with Gasteiger partial charge in [-0.25, -0.2) is 4.98 Å². The average Bonchev–Trinajstić information content (AvgIpc) is 3.13. The Balaban J connectivity index is 1.85. The molecule has 20 heavy (non-hydrogen) atoms. The molecule has 0 saturated heterocycles. The molecule has 7 heteroatoms. The Hall–Kier alpha value is -1.75. The Morgan fingerprint density at radius 2 is 2.40 bits per heavy atom. The fourth-order valence-corrected chi connectivity index (χ4v) is 4.18. The summed E-state index contributed by atoms with van der Waals surface area (Å²) in [7, 11) is 0. The van der Waals surface area contributed by atoms with E-state index < -0.39 is 0 Å². The number of aromatic nitrogens is 1. The Labute approximate surface area is 124 Å². The second kappa shape index (κ2) is 5.32. The van der Waals surface area contributed by atoms with Crippen molar-refractivity contribution in [1.82, 2.24) is 4.98 Å². The summed E-state index contributed by atoms with van der Waals surface area (Å²) in [6, 6.07) is 2.21. The van der Waals surface area contributed by atoms with Crippen molar-refractivity contribution in [2.75, 3.05) is 5.32 Å². The first-order chi connectivity index (χ1) is 9.72. The van der Waals surface area contributed by atoms with Gasteiger partial charge in [0.1, 0.15) is 21.8 Å². The van der Waals surface area contributed by atoms with Gasteiger partial charge in [-0.15, -0.1) is 22.7 Å². The highest BCUT2D eigenvalue weighted by Crippen LogP contribution is 2.38. The molecule has 1 amide bonds. The summed E-state index contributed by atoms with van der Waals surface area (Å²) in [4.78, 5) is 17.5. The van der Waals surface area contributed by atoms with Gasteiger partial charge in [-0.1, -0.05) is 0 Å². The molecule has 1 aliphatic carbocycles. The summed E-state index contributed by atoms with van der Waals surface area (Å²) in [6.45, 7) is 0.328. The first kappa shape index (κ1) is 13.2. The summed E-state index contributed by atoms with van der Waals surface area (Å²) >= 11 is 2.87. The molecule has 0 bridgehead atoms. The molecule has 0 unspecified atom stereocenters. The van der Waals surface area contributed by atoms with Crippen molar-refractivity contribution in [2.24, 2.45) is 5.73 Å². The number of thiophene rings is 1. The third kappa shape index (κ3) is 2.22. The molecule has 0 radical (unpaired) electrons. The maximum atomic E-state index is 12.1. The number of fused-ring (bicyclic) bond motifs is 1. The predicted molar refractivity (Wildman–Crippen MR) is 79.0 cm³/mol. The Morgan fingerprint density at radius 1 is 1.55 bits per heavy atom. The van der Waals surface area contributed by atoms with Crippen molar-refractivity contribution < 1.29 is 4.79 Å². The number of thiazole rings is 1. The standard InChI is InChI=1S/C13H12N4OS2/c14-4-8-7-2-1-3-10(7)20-13(8)17-12(18)9-6-19-11(5-15)16-9/h6H,1-3,5,15H2,(H,17,18). The minimum Gasteiger partial charge on any atom is -0.325 e. The molecule has 0 aromatic carbocycles. The van der Waals surface area contributed by atoms with Crippen LogP contribution < -0.4 is 11.1 Å². The Kier molecular flexibility index (Phi) is 3.53. The van der Waals surface area contributed by atoms with E-state index in [1.165, 1.54) is 27.6 Å². The van der Waals surface area contributed by atoms with Crippen molar-refractivity contribution in [3.05, 3.63) is 32.1 Å². The van der Waals surface area contributed by atoms with Gasteiger partial charge in [-0.3, -0.25) is 4.79 Å². The summed E-state index contributed by atoms with van der Waals surface area (Å²) in [5, 5.41) is 15.1. The van der Waals surface area contributed by atoms with Crippen LogP contribution in [-0.4, -0.2) is 10.9 Å². The van der Waals surface area contributed by atoms with Crippen LogP contribution in [-0.2, 0) is 19.4 Å². The second-order valence-corrected chi connectivity index (χ2v) is 6.51. The normalized spacial score (nSPS) is 13.0. The number of nitriles is 1. The van der Waals surface area contributed by atoms with Gasteiger partial charge in [-0.2, -0.15) is 5.26 Å². The number of nitrogens with one attached hydrogen (secondary N) is 1. The Bertz CT molecular complexity index is 711. The quantitative estimate of drug-likeness (QED) is 0.910. The van der Waals surface area contributed by atoms with Gasteiger partial charge in [0.2, 0.25) is 0 Å². The number of nitrogens with zero attached hydrogens (tertiary/aromatic N) is 2. The first-order valence-corrected chi connectivity index (χ1v) is 7.93. The van der Waals surface area contributed by atoms with Crippen LogP contribution in [0.3, 0.4) is 0 Å². The lowest BCUT2D eigenvalue weighted by atomic mass is 10.1. The minimum absolute atomic E-state index is 0.280. The maximum Gasteiger partial charge on any atom is 0.275 e. The zero-order valence-electron chi connectivity index (χ0n) is 10.6. The fraction of sp³-hybridized carbons (Fsp3) is 0.308. The zero-order chi connectivity index (χ0) is 14.1. The number of nitrogens with two attached hydrogens (primary N) is 1. The zero-order valence-corrected chi connectivity index (χ0v) is 12.2. The Morgan fingerprint density at radius 3 is 3.10 bits per heavy atom. The number of carbonyl (C=O) groups excluding carboxylic acids is 1. The summed E-state index contributed by atoms with van der Waals surface area (Å²) in [6.07, 6.45) is 3.02. The largest absolute Gasteiger partial charge is 0.325 e. The molecule has 3 rings (SSSR count). The molecule has 2 heterocycles. The second-order valence-electron chi connectivity index (χ2n) is 4.46. The molecular formula is C13H12N4OS2. The highest BCUT2D eigenvalue weighted by atomic mass is 32.1. The lowest BCUT2D eigenvalue weighted by Gasteiger charge is -2.01. The molecule has 2 aromatic heterocycles. The van der Waals surface area contributed by atoms with Crippen molar-refractivity contribution >= 4 is 33.6 Å². The molecule has 102 valence electrons. The monoisotopic (exact) mass is 304 g/mol. The molecule has 2 aromatic rings. The molecule has 0 spiro atoms. The number of carbonyl (C=O) groups is 1. The van der Waals surface area contributed by atoms with Crippen LogP contribution >= 0.6 is 22.7 Å². The lowest BCUT2D eigenvalue weighted by Crippen LogP contribution is -2.12. The smallest absolute Gasteiger partial charge is 0.275 e. The third-order valence-corrected chi connectivity index (χ3v) is 5.30. The number of hydrogen-bond donors (Lipinski definition) is 2. The van der Waals surface area contributed by atoms with Crippen molar-refractivity contribution in [1.29, 1.82) is 5.26 Å². The van der Waals surface area contributed by atoms with Crippen LogP contribution in [0.25, 0.3) is 0 Å². The first-order valence-electron chi connectivity index (χ1n) is 6.23. The topological polar surface area (TPSA) is 91.8 Å². The summed E-state index contributed by atoms with van der Waals surface area (Å²) in [5.41, 5.74) is 7.56. The van der Waals surface area contributed by atoms with Crippen LogP contribution in [0.4, 0.5) is 5.00 Å². The van der Waals surface area contributed by atoms with E-state index in [1.54, 1.807) is 5.38 Å². The van der Waals surface area contributed by atoms with Gasteiger partial charge in [-0.05, 0) is 24.8 Å².